The zero-order valence-electron chi connectivity index (χ0n) is 12.2. The Balaban J connectivity index is 1.95. The van der Waals surface area contributed by atoms with Crippen LogP contribution < -0.4 is 5.32 Å². The third kappa shape index (κ3) is 3.01. The van der Waals surface area contributed by atoms with Crippen LogP contribution in [0.5, 0.6) is 0 Å². The number of nitrogens with one attached hydrogen (secondary N) is 1. The molecule has 0 radical (unpaired) electrons. The molecule has 4 heteroatoms. The lowest BCUT2D eigenvalue weighted by Crippen LogP contribution is -2.51. The van der Waals surface area contributed by atoms with Crippen molar-refractivity contribution in [2.45, 2.75) is 5.92 Å². The van der Waals surface area contributed by atoms with Crippen LogP contribution in [0.4, 0.5) is 0 Å². The first-order valence-electron chi connectivity index (χ1n) is 7.41. The molecular formula is C18H18N2O2. The Kier molecular flexibility index (Phi) is 4.19. The third-order valence-electron chi connectivity index (χ3n) is 3.86. The van der Waals surface area contributed by atoms with Crippen molar-refractivity contribution in [3.63, 3.8) is 0 Å². The summed E-state index contributed by atoms with van der Waals surface area (Å²) in [4.78, 5) is 26.2. The van der Waals surface area contributed by atoms with E-state index in [9.17, 15) is 9.59 Å². The minimum atomic E-state index is -0.367. The van der Waals surface area contributed by atoms with Gasteiger partial charge in [-0.3, -0.25) is 9.59 Å². The second-order valence-corrected chi connectivity index (χ2v) is 5.36. The Morgan fingerprint density at radius 2 is 1.50 bits per heavy atom. The largest absolute Gasteiger partial charge is 0.353 e. The van der Waals surface area contributed by atoms with Gasteiger partial charge in [0.25, 0.3) is 0 Å². The van der Waals surface area contributed by atoms with Crippen molar-refractivity contribution in [2.75, 3.05) is 19.6 Å². The standard InChI is InChI=1S/C18H18N2O2/c21-16-13-20(12-11-19-16)18(22)17(14-7-3-1-4-8-14)15-9-5-2-6-10-15/h1-10,17H,11-13H2,(H,19,21). The van der Waals surface area contributed by atoms with Crippen LogP contribution >= 0.6 is 0 Å². The van der Waals surface area contributed by atoms with E-state index in [0.717, 1.165) is 11.1 Å². The van der Waals surface area contributed by atoms with Gasteiger partial charge in [-0.1, -0.05) is 60.7 Å². The van der Waals surface area contributed by atoms with E-state index in [2.05, 4.69) is 5.32 Å². The highest BCUT2D eigenvalue weighted by Gasteiger charge is 2.30. The molecule has 0 unspecified atom stereocenters. The van der Waals surface area contributed by atoms with Gasteiger partial charge in [-0.05, 0) is 11.1 Å². The van der Waals surface area contributed by atoms with Gasteiger partial charge in [-0.2, -0.15) is 0 Å². The molecule has 1 fully saturated rings. The number of rotatable bonds is 3. The SMILES string of the molecule is O=C1CN(C(=O)C(c2ccccc2)c2ccccc2)CCN1. The molecule has 0 saturated carbocycles. The summed E-state index contributed by atoms with van der Waals surface area (Å²) >= 11 is 0. The van der Waals surface area contributed by atoms with Crippen LogP contribution in [0.3, 0.4) is 0 Å². The Morgan fingerprint density at radius 1 is 0.955 bits per heavy atom. The summed E-state index contributed by atoms with van der Waals surface area (Å²) in [5.74, 6) is -0.486. The monoisotopic (exact) mass is 294 g/mol. The van der Waals surface area contributed by atoms with Crippen molar-refractivity contribution in [3.05, 3.63) is 71.8 Å². The van der Waals surface area contributed by atoms with Gasteiger partial charge in [0, 0.05) is 13.1 Å². The number of benzene rings is 2. The molecule has 22 heavy (non-hydrogen) atoms. The van der Waals surface area contributed by atoms with Gasteiger partial charge in [-0.25, -0.2) is 0 Å². The molecule has 1 aliphatic rings. The van der Waals surface area contributed by atoms with Crippen molar-refractivity contribution >= 4 is 11.8 Å². The number of amides is 2. The molecule has 112 valence electrons. The van der Waals surface area contributed by atoms with Crippen LogP contribution in [-0.4, -0.2) is 36.3 Å². The fourth-order valence-electron chi connectivity index (χ4n) is 2.78. The maximum absolute atomic E-state index is 13.0. The molecule has 3 rings (SSSR count). The van der Waals surface area contributed by atoms with Crippen LogP contribution in [-0.2, 0) is 9.59 Å². The molecule has 0 atom stereocenters. The molecule has 0 spiro atoms. The third-order valence-corrected chi connectivity index (χ3v) is 3.86. The molecule has 1 heterocycles. The lowest BCUT2D eigenvalue weighted by molar-refractivity contribution is -0.138. The van der Waals surface area contributed by atoms with Gasteiger partial charge < -0.3 is 10.2 Å². The summed E-state index contributed by atoms with van der Waals surface area (Å²) in [5.41, 5.74) is 1.90. The van der Waals surface area contributed by atoms with Gasteiger partial charge in [0.2, 0.25) is 11.8 Å². The quantitative estimate of drug-likeness (QED) is 0.938. The van der Waals surface area contributed by atoms with Gasteiger partial charge in [0.15, 0.2) is 0 Å². The zero-order chi connectivity index (χ0) is 15.4. The second kappa shape index (κ2) is 6.43. The summed E-state index contributed by atoms with van der Waals surface area (Å²) < 4.78 is 0. The summed E-state index contributed by atoms with van der Waals surface area (Å²) in [5, 5.41) is 2.75. The molecule has 0 aromatic heterocycles. The van der Waals surface area contributed by atoms with Crippen LogP contribution in [0, 0.1) is 0 Å². The Hall–Kier alpha value is -2.62. The predicted molar refractivity (Wildman–Crippen MR) is 84.3 cm³/mol. The molecule has 0 bridgehead atoms. The summed E-state index contributed by atoms with van der Waals surface area (Å²) in [7, 11) is 0. The van der Waals surface area contributed by atoms with Crippen molar-refractivity contribution < 1.29 is 9.59 Å². The minimum Gasteiger partial charge on any atom is -0.353 e. The van der Waals surface area contributed by atoms with E-state index in [4.69, 9.17) is 0 Å². The first kappa shape index (κ1) is 14.3. The molecule has 2 aromatic carbocycles. The normalized spacial score (nSPS) is 14.8. The van der Waals surface area contributed by atoms with E-state index in [1.807, 2.05) is 60.7 Å². The van der Waals surface area contributed by atoms with Gasteiger partial charge in [0.1, 0.15) is 0 Å². The average Bonchev–Trinajstić information content (AvgIpc) is 2.57. The molecule has 4 nitrogen and oxygen atoms in total. The average molecular weight is 294 g/mol. The van der Waals surface area contributed by atoms with Crippen molar-refractivity contribution in [2.24, 2.45) is 0 Å². The van der Waals surface area contributed by atoms with Gasteiger partial charge >= 0.3 is 0 Å². The highest BCUT2D eigenvalue weighted by Crippen LogP contribution is 2.27. The highest BCUT2D eigenvalue weighted by molar-refractivity contribution is 5.91. The van der Waals surface area contributed by atoms with E-state index in [0.29, 0.717) is 13.1 Å². The van der Waals surface area contributed by atoms with Gasteiger partial charge in [-0.15, -0.1) is 0 Å². The van der Waals surface area contributed by atoms with Crippen LogP contribution in [0.1, 0.15) is 17.0 Å². The van der Waals surface area contributed by atoms with Crippen molar-refractivity contribution in [1.29, 1.82) is 0 Å². The Bertz CT molecular complexity index is 616. The van der Waals surface area contributed by atoms with E-state index in [1.165, 1.54) is 0 Å². The number of piperazine rings is 1. The molecule has 1 aliphatic heterocycles. The molecule has 2 aromatic rings. The maximum Gasteiger partial charge on any atom is 0.239 e. The van der Waals surface area contributed by atoms with E-state index in [-0.39, 0.29) is 24.3 Å². The summed E-state index contributed by atoms with van der Waals surface area (Å²) in [6.07, 6.45) is 0. The summed E-state index contributed by atoms with van der Waals surface area (Å²) in [6.45, 7) is 1.20. The van der Waals surface area contributed by atoms with Gasteiger partial charge in [0.05, 0.1) is 12.5 Å². The van der Waals surface area contributed by atoms with Crippen LogP contribution in [0.15, 0.2) is 60.7 Å². The predicted octanol–water partition coefficient (Wildman–Crippen LogP) is 1.78. The smallest absolute Gasteiger partial charge is 0.239 e. The fourth-order valence-corrected chi connectivity index (χ4v) is 2.78. The first-order valence-corrected chi connectivity index (χ1v) is 7.41. The first-order chi connectivity index (χ1) is 10.8. The molecule has 1 saturated heterocycles. The number of hydrogen-bond acceptors (Lipinski definition) is 2. The fraction of sp³-hybridized carbons (Fsp3) is 0.222. The number of nitrogens with zero attached hydrogens (tertiary/aromatic N) is 1. The Labute approximate surface area is 129 Å². The molecule has 0 aliphatic carbocycles. The zero-order valence-corrected chi connectivity index (χ0v) is 12.2. The molecular weight excluding hydrogens is 276 g/mol. The molecule has 1 N–H and O–H groups in total. The number of carbonyl (C=O) groups is 2. The number of carbonyl (C=O) groups excluding carboxylic acids is 2. The van der Waals surface area contributed by atoms with Crippen molar-refractivity contribution in [3.8, 4) is 0 Å². The van der Waals surface area contributed by atoms with Crippen LogP contribution in [0.25, 0.3) is 0 Å². The maximum atomic E-state index is 13.0. The lowest BCUT2D eigenvalue weighted by atomic mass is 9.90. The van der Waals surface area contributed by atoms with E-state index in [1.54, 1.807) is 4.90 Å². The molecule has 2 amide bonds. The summed E-state index contributed by atoms with van der Waals surface area (Å²) in [6, 6.07) is 19.4. The van der Waals surface area contributed by atoms with E-state index >= 15 is 0 Å². The minimum absolute atomic E-state index is 0.0211. The lowest BCUT2D eigenvalue weighted by Gasteiger charge is -2.30. The second-order valence-electron chi connectivity index (χ2n) is 5.36. The topological polar surface area (TPSA) is 49.4 Å². The number of hydrogen-bond donors (Lipinski definition) is 1. The van der Waals surface area contributed by atoms with Crippen LogP contribution in [0.2, 0.25) is 0 Å². The van der Waals surface area contributed by atoms with Crippen molar-refractivity contribution in [1.82, 2.24) is 10.2 Å². The highest BCUT2D eigenvalue weighted by atomic mass is 16.2. The Morgan fingerprint density at radius 3 is 2.00 bits per heavy atom. The van der Waals surface area contributed by atoms with E-state index < -0.39 is 0 Å².